The van der Waals surface area contributed by atoms with Gasteiger partial charge in [-0.25, -0.2) is 4.68 Å². The molecule has 5 aromatic rings. The van der Waals surface area contributed by atoms with Gasteiger partial charge in [0, 0.05) is 42.1 Å². The molecular weight excluding hydrogens is 440 g/mol. The van der Waals surface area contributed by atoms with Gasteiger partial charge in [-0.1, -0.05) is 12.1 Å². The quantitative estimate of drug-likeness (QED) is 0.337. The molecule has 174 valence electrons. The van der Waals surface area contributed by atoms with Crippen molar-refractivity contribution in [2.45, 2.75) is 20.4 Å². The number of aryl methyl sites for hydroxylation is 2. The molecule has 0 aliphatic rings. The zero-order valence-corrected chi connectivity index (χ0v) is 19.4. The van der Waals surface area contributed by atoms with Crippen molar-refractivity contribution in [2.75, 3.05) is 5.32 Å². The van der Waals surface area contributed by atoms with Crippen LogP contribution in [0.5, 0.6) is 11.5 Å². The third-order valence-electron chi connectivity index (χ3n) is 5.41. The second-order valence-corrected chi connectivity index (χ2v) is 7.95. The molecule has 8 nitrogen and oxygen atoms in total. The van der Waals surface area contributed by atoms with Gasteiger partial charge in [0.05, 0.1) is 23.1 Å². The third kappa shape index (κ3) is 4.96. The molecular formula is C27H24N6O2. The summed E-state index contributed by atoms with van der Waals surface area (Å²) in [6.07, 6.45) is 7.33. The number of benzene rings is 2. The Morgan fingerprint density at radius 1 is 1.06 bits per heavy atom. The number of anilines is 1. The SMILES string of the molecule is CCn1nc(C)cc1C(=O)Nc1cccc(Oc2ccc3cnn(C=Cc4ccccn4)c3c2)c1. The molecule has 1 N–H and O–H groups in total. The fraction of sp³-hybridized carbons (Fsp3) is 0.111. The van der Waals surface area contributed by atoms with Gasteiger partial charge in [-0.3, -0.25) is 14.5 Å². The molecule has 1 amide bonds. The van der Waals surface area contributed by atoms with Crippen LogP contribution in [0.15, 0.2) is 79.1 Å². The number of amides is 1. The Morgan fingerprint density at radius 3 is 2.77 bits per heavy atom. The van der Waals surface area contributed by atoms with E-state index in [1.165, 1.54) is 0 Å². The molecule has 2 aromatic carbocycles. The molecule has 0 unspecified atom stereocenters. The van der Waals surface area contributed by atoms with Gasteiger partial charge in [0.25, 0.3) is 5.91 Å². The average Bonchev–Trinajstić information content (AvgIpc) is 3.46. The summed E-state index contributed by atoms with van der Waals surface area (Å²) in [6.45, 7) is 4.44. The van der Waals surface area contributed by atoms with Crippen LogP contribution in [0.1, 0.15) is 28.8 Å². The zero-order chi connectivity index (χ0) is 24.2. The fourth-order valence-corrected chi connectivity index (χ4v) is 3.76. The number of aromatic nitrogens is 5. The lowest BCUT2D eigenvalue weighted by atomic mass is 10.2. The molecule has 0 fully saturated rings. The smallest absolute Gasteiger partial charge is 0.273 e. The first kappa shape index (κ1) is 22.1. The fourth-order valence-electron chi connectivity index (χ4n) is 3.76. The summed E-state index contributed by atoms with van der Waals surface area (Å²) in [5.41, 5.74) is 3.72. The van der Waals surface area contributed by atoms with Crippen molar-refractivity contribution in [2.24, 2.45) is 0 Å². The minimum atomic E-state index is -0.213. The molecule has 0 atom stereocenters. The van der Waals surface area contributed by atoms with Crippen molar-refractivity contribution in [1.82, 2.24) is 24.5 Å². The molecule has 3 aromatic heterocycles. The predicted molar refractivity (Wildman–Crippen MR) is 136 cm³/mol. The van der Waals surface area contributed by atoms with Crippen LogP contribution in [-0.4, -0.2) is 30.5 Å². The van der Waals surface area contributed by atoms with Crippen LogP contribution >= 0.6 is 0 Å². The molecule has 0 aliphatic carbocycles. The van der Waals surface area contributed by atoms with Gasteiger partial charge in [-0.05, 0) is 62.4 Å². The highest BCUT2D eigenvalue weighted by molar-refractivity contribution is 6.03. The maximum absolute atomic E-state index is 12.8. The maximum Gasteiger partial charge on any atom is 0.273 e. The van der Waals surface area contributed by atoms with E-state index >= 15 is 0 Å². The Balaban J connectivity index is 1.34. The number of nitrogens with zero attached hydrogens (tertiary/aromatic N) is 5. The third-order valence-corrected chi connectivity index (χ3v) is 5.41. The molecule has 0 saturated carbocycles. The van der Waals surface area contributed by atoms with Gasteiger partial charge in [-0.15, -0.1) is 0 Å². The van der Waals surface area contributed by atoms with Crippen LogP contribution in [0.25, 0.3) is 23.2 Å². The van der Waals surface area contributed by atoms with Crippen molar-refractivity contribution < 1.29 is 9.53 Å². The summed E-state index contributed by atoms with van der Waals surface area (Å²) >= 11 is 0. The molecule has 35 heavy (non-hydrogen) atoms. The first-order valence-corrected chi connectivity index (χ1v) is 11.3. The average molecular weight is 465 g/mol. The minimum absolute atomic E-state index is 0.213. The summed E-state index contributed by atoms with van der Waals surface area (Å²) in [5, 5.41) is 12.7. The lowest BCUT2D eigenvalue weighted by Crippen LogP contribution is -2.17. The standard InChI is InChI=1S/C27H24N6O2/c1-3-32-26(15-19(2)31-32)27(34)30-22-8-6-9-23(16-22)35-24-11-10-20-18-29-33(25(20)17-24)14-12-21-7-4-5-13-28-21/h4-18H,3H2,1-2H3,(H,30,34). The highest BCUT2D eigenvalue weighted by Crippen LogP contribution is 2.28. The Morgan fingerprint density at radius 2 is 1.94 bits per heavy atom. The summed E-state index contributed by atoms with van der Waals surface area (Å²) in [5.74, 6) is 1.06. The molecule has 0 saturated heterocycles. The second kappa shape index (κ2) is 9.64. The van der Waals surface area contributed by atoms with E-state index in [0.29, 0.717) is 29.4 Å². The minimum Gasteiger partial charge on any atom is -0.457 e. The molecule has 0 aliphatic heterocycles. The Bertz CT molecular complexity index is 1520. The van der Waals surface area contributed by atoms with Crippen LogP contribution in [0.2, 0.25) is 0 Å². The van der Waals surface area contributed by atoms with E-state index in [-0.39, 0.29) is 5.91 Å². The number of hydrogen-bond donors (Lipinski definition) is 1. The summed E-state index contributed by atoms with van der Waals surface area (Å²) in [6, 6.07) is 20.6. The number of carbonyl (C=O) groups is 1. The van der Waals surface area contributed by atoms with Crippen molar-refractivity contribution in [3.63, 3.8) is 0 Å². The number of rotatable bonds is 7. The molecule has 8 heteroatoms. The van der Waals surface area contributed by atoms with E-state index < -0.39 is 0 Å². The number of hydrogen-bond acceptors (Lipinski definition) is 5. The summed E-state index contributed by atoms with van der Waals surface area (Å²) in [4.78, 5) is 17.1. The van der Waals surface area contributed by atoms with Crippen LogP contribution in [0.4, 0.5) is 5.69 Å². The lowest BCUT2D eigenvalue weighted by Gasteiger charge is -2.10. The number of carbonyl (C=O) groups excluding carboxylic acids is 1. The van der Waals surface area contributed by atoms with Crippen molar-refractivity contribution in [1.29, 1.82) is 0 Å². The zero-order valence-electron chi connectivity index (χ0n) is 19.4. The highest BCUT2D eigenvalue weighted by atomic mass is 16.5. The topological polar surface area (TPSA) is 86.9 Å². The van der Waals surface area contributed by atoms with Crippen molar-refractivity contribution in [3.8, 4) is 11.5 Å². The van der Waals surface area contributed by atoms with Gasteiger partial charge in [0.1, 0.15) is 17.2 Å². The molecule has 0 radical (unpaired) electrons. The van der Waals surface area contributed by atoms with Gasteiger partial charge in [-0.2, -0.15) is 10.2 Å². The highest BCUT2D eigenvalue weighted by Gasteiger charge is 2.14. The van der Waals surface area contributed by atoms with E-state index in [9.17, 15) is 4.79 Å². The van der Waals surface area contributed by atoms with Crippen LogP contribution in [-0.2, 0) is 6.54 Å². The van der Waals surface area contributed by atoms with E-state index in [0.717, 1.165) is 22.3 Å². The Hall–Kier alpha value is -4.72. The number of fused-ring (bicyclic) bond motifs is 1. The Labute approximate surface area is 202 Å². The normalized spacial score (nSPS) is 11.3. The van der Waals surface area contributed by atoms with Crippen LogP contribution in [0, 0.1) is 6.92 Å². The number of ether oxygens (including phenoxy) is 1. The number of nitrogens with one attached hydrogen (secondary N) is 1. The molecule has 3 heterocycles. The van der Waals surface area contributed by atoms with Crippen LogP contribution in [0.3, 0.4) is 0 Å². The first-order chi connectivity index (χ1) is 17.1. The largest absolute Gasteiger partial charge is 0.457 e. The van der Waals surface area contributed by atoms with Gasteiger partial charge >= 0.3 is 0 Å². The van der Waals surface area contributed by atoms with E-state index in [1.807, 2.05) is 80.7 Å². The predicted octanol–water partition coefficient (Wildman–Crippen LogP) is 5.63. The molecule has 0 bridgehead atoms. The molecule has 0 spiro atoms. The molecule has 5 rings (SSSR count). The van der Waals surface area contributed by atoms with E-state index in [4.69, 9.17) is 4.74 Å². The Kier molecular flexibility index (Phi) is 6.09. The summed E-state index contributed by atoms with van der Waals surface area (Å²) < 4.78 is 9.57. The van der Waals surface area contributed by atoms with E-state index in [2.05, 4.69) is 20.5 Å². The van der Waals surface area contributed by atoms with Crippen molar-refractivity contribution >= 4 is 34.8 Å². The maximum atomic E-state index is 12.8. The number of pyridine rings is 1. The monoisotopic (exact) mass is 464 g/mol. The van der Waals surface area contributed by atoms with Crippen molar-refractivity contribution in [3.05, 3.63) is 96.2 Å². The van der Waals surface area contributed by atoms with Gasteiger partial charge in [0.15, 0.2) is 0 Å². The van der Waals surface area contributed by atoms with E-state index in [1.54, 1.807) is 33.9 Å². The second-order valence-electron chi connectivity index (χ2n) is 7.95. The lowest BCUT2D eigenvalue weighted by molar-refractivity contribution is 0.101. The van der Waals surface area contributed by atoms with Gasteiger partial charge in [0.2, 0.25) is 0 Å². The first-order valence-electron chi connectivity index (χ1n) is 11.3. The van der Waals surface area contributed by atoms with Crippen LogP contribution < -0.4 is 10.1 Å². The van der Waals surface area contributed by atoms with Gasteiger partial charge < -0.3 is 10.1 Å². The summed E-state index contributed by atoms with van der Waals surface area (Å²) in [7, 11) is 0.